The van der Waals surface area contributed by atoms with Crippen LogP contribution in [0.2, 0.25) is 0 Å². The Labute approximate surface area is 107 Å². The molecule has 96 valence electrons. The predicted molar refractivity (Wildman–Crippen MR) is 68.8 cm³/mol. The van der Waals surface area contributed by atoms with E-state index in [2.05, 4.69) is 5.32 Å². The summed E-state index contributed by atoms with van der Waals surface area (Å²) in [6, 6.07) is 9.43. The van der Waals surface area contributed by atoms with Gasteiger partial charge in [0, 0.05) is 6.04 Å². The van der Waals surface area contributed by atoms with Crippen LogP contribution in [-0.4, -0.2) is 17.1 Å². The lowest BCUT2D eigenvalue weighted by molar-refractivity contribution is -0.130. The van der Waals surface area contributed by atoms with E-state index in [9.17, 15) is 9.90 Å². The van der Waals surface area contributed by atoms with Crippen LogP contribution < -0.4 is 5.32 Å². The van der Waals surface area contributed by atoms with E-state index in [-0.39, 0.29) is 5.91 Å². The van der Waals surface area contributed by atoms with Crippen LogP contribution in [0.3, 0.4) is 0 Å². The molecule has 2 fully saturated rings. The van der Waals surface area contributed by atoms with E-state index in [0.29, 0.717) is 23.4 Å². The Balaban J connectivity index is 1.63. The molecule has 3 heteroatoms. The summed E-state index contributed by atoms with van der Waals surface area (Å²) < 4.78 is 0. The highest BCUT2D eigenvalue weighted by molar-refractivity contribution is 5.82. The summed E-state index contributed by atoms with van der Waals surface area (Å²) in [7, 11) is 0. The van der Waals surface area contributed by atoms with Crippen molar-refractivity contribution in [2.24, 2.45) is 11.8 Å². The normalized spacial score (nSPS) is 20.8. The van der Waals surface area contributed by atoms with Gasteiger partial charge in [-0.1, -0.05) is 30.3 Å². The fraction of sp³-hybridized carbons (Fsp3) is 0.533. The van der Waals surface area contributed by atoms with Gasteiger partial charge in [0.2, 0.25) is 0 Å². The summed E-state index contributed by atoms with van der Waals surface area (Å²) in [5, 5.41) is 13.1. The smallest absolute Gasteiger partial charge is 0.253 e. The van der Waals surface area contributed by atoms with E-state index >= 15 is 0 Å². The van der Waals surface area contributed by atoms with Crippen LogP contribution in [-0.2, 0) is 4.79 Å². The van der Waals surface area contributed by atoms with Crippen molar-refractivity contribution < 1.29 is 9.90 Å². The second kappa shape index (κ2) is 4.73. The van der Waals surface area contributed by atoms with E-state index in [4.69, 9.17) is 0 Å². The molecule has 2 N–H and O–H groups in total. The van der Waals surface area contributed by atoms with E-state index in [1.165, 1.54) is 25.7 Å². The first kappa shape index (κ1) is 11.7. The molecule has 1 aromatic rings. The number of rotatable bonds is 5. The Morgan fingerprint density at radius 1 is 1.11 bits per heavy atom. The van der Waals surface area contributed by atoms with E-state index in [1.54, 1.807) is 12.1 Å². The third-order valence-electron chi connectivity index (χ3n) is 3.93. The quantitative estimate of drug-likeness (QED) is 0.834. The third-order valence-corrected chi connectivity index (χ3v) is 3.93. The van der Waals surface area contributed by atoms with Crippen molar-refractivity contribution in [3.63, 3.8) is 0 Å². The molecule has 18 heavy (non-hydrogen) atoms. The fourth-order valence-corrected chi connectivity index (χ4v) is 2.56. The van der Waals surface area contributed by atoms with Gasteiger partial charge in [-0.3, -0.25) is 4.79 Å². The fourth-order valence-electron chi connectivity index (χ4n) is 2.56. The number of benzene rings is 1. The monoisotopic (exact) mass is 245 g/mol. The maximum Gasteiger partial charge on any atom is 0.253 e. The van der Waals surface area contributed by atoms with Crippen LogP contribution in [0.25, 0.3) is 0 Å². The molecule has 2 aliphatic rings. The third kappa shape index (κ3) is 2.56. The highest BCUT2D eigenvalue weighted by atomic mass is 16.3. The largest absolute Gasteiger partial charge is 0.378 e. The van der Waals surface area contributed by atoms with Crippen molar-refractivity contribution in [2.45, 2.75) is 37.8 Å². The summed E-state index contributed by atoms with van der Waals surface area (Å²) in [6.07, 6.45) is 3.86. The maximum absolute atomic E-state index is 12.1. The number of carbonyl (C=O) groups is 1. The van der Waals surface area contributed by atoms with Crippen molar-refractivity contribution in [3.8, 4) is 0 Å². The summed E-state index contributed by atoms with van der Waals surface area (Å²) in [5.74, 6) is 1.07. The molecular weight excluding hydrogens is 226 g/mol. The van der Waals surface area contributed by atoms with Crippen LogP contribution >= 0.6 is 0 Å². The van der Waals surface area contributed by atoms with Gasteiger partial charge in [-0.15, -0.1) is 0 Å². The molecule has 1 aromatic carbocycles. The SMILES string of the molecule is O=C(NC(C1CC1)C1CC1)C(O)c1ccccc1. The number of carbonyl (C=O) groups excluding carboxylic acids is 1. The minimum atomic E-state index is -1.04. The Morgan fingerprint density at radius 2 is 1.67 bits per heavy atom. The standard InChI is InChI=1S/C15H19NO2/c17-14(12-4-2-1-3-5-12)15(18)16-13(10-6-7-10)11-8-9-11/h1-5,10-11,13-14,17H,6-9H2,(H,16,18). The van der Waals surface area contributed by atoms with Gasteiger partial charge in [0.1, 0.15) is 0 Å². The van der Waals surface area contributed by atoms with Crippen molar-refractivity contribution in [3.05, 3.63) is 35.9 Å². The van der Waals surface area contributed by atoms with Gasteiger partial charge in [-0.25, -0.2) is 0 Å². The van der Waals surface area contributed by atoms with Crippen molar-refractivity contribution in [1.29, 1.82) is 0 Å². The Bertz CT molecular complexity index is 411. The molecule has 3 rings (SSSR count). The van der Waals surface area contributed by atoms with E-state index in [0.717, 1.165) is 0 Å². The van der Waals surface area contributed by atoms with Gasteiger partial charge in [0.15, 0.2) is 6.10 Å². The lowest BCUT2D eigenvalue weighted by Crippen LogP contribution is -2.40. The first-order valence-electron chi connectivity index (χ1n) is 6.79. The minimum Gasteiger partial charge on any atom is -0.378 e. The Kier molecular flexibility index (Phi) is 3.08. The summed E-state index contributed by atoms with van der Waals surface area (Å²) in [4.78, 5) is 12.1. The molecule has 0 saturated heterocycles. The second-order valence-corrected chi connectivity index (χ2v) is 5.52. The predicted octanol–water partition coefficient (Wildman–Crippen LogP) is 2.02. The molecule has 0 bridgehead atoms. The molecule has 3 nitrogen and oxygen atoms in total. The molecular formula is C15H19NO2. The summed E-state index contributed by atoms with van der Waals surface area (Å²) in [5.41, 5.74) is 0.667. The van der Waals surface area contributed by atoms with Gasteiger partial charge in [0.25, 0.3) is 5.91 Å². The minimum absolute atomic E-state index is 0.245. The number of hydrogen-bond acceptors (Lipinski definition) is 2. The van der Waals surface area contributed by atoms with Gasteiger partial charge in [-0.2, -0.15) is 0 Å². The molecule has 0 aliphatic heterocycles. The van der Waals surface area contributed by atoms with Crippen LogP contribution in [0, 0.1) is 11.8 Å². The molecule has 1 unspecified atom stereocenters. The highest BCUT2D eigenvalue weighted by Gasteiger charge is 2.42. The van der Waals surface area contributed by atoms with Crippen LogP contribution in [0.15, 0.2) is 30.3 Å². The molecule has 1 amide bonds. The van der Waals surface area contributed by atoms with Gasteiger partial charge in [-0.05, 0) is 43.1 Å². The van der Waals surface area contributed by atoms with Gasteiger partial charge < -0.3 is 10.4 Å². The number of aliphatic hydroxyl groups excluding tert-OH is 1. The van der Waals surface area contributed by atoms with Crippen molar-refractivity contribution in [1.82, 2.24) is 5.32 Å². The van der Waals surface area contributed by atoms with Crippen LogP contribution in [0.4, 0.5) is 0 Å². The second-order valence-electron chi connectivity index (χ2n) is 5.52. The summed E-state index contributed by atoms with van der Waals surface area (Å²) >= 11 is 0. The average molecular weight is 245 g/mol. The highest BCUT2D eigenvalue weighted by Crippen LogP contribution is 2.44. The number of aliphatic hydroxyl groups is 1. The van der Waals surface area contributed by atoms with E-state index < -0.39 is 6.10 Å². The molecule has 0 aromatic heterocycles. The van der Waals surface area contributed by atoms with Gasteiger partial charge in [0.05, 0.1) is 0 Å². The number of hydrogen-bond donors (Lipinski definition) is 2. The molecule has 2 aliphatic carbocycles. The van der Waals surface area contributed by atoms with Gasteiger partial charge >= 0.3 is 0 Å². The lowest BCUT2D eigenvalue weighted by Gasteiger charge is -2.20. The zero-order valence-corrected chi connectivity index (χ0v) is 10.4. The zero-order valence-electron chi connectivity index (χ0n) is 10.4. The van der Waals surface area contributed by atoms with Crippen molar-refractivity contribution in [2.75, 3.05) is 0 Å². The van der Waals surface area contributed by atoms with Crippen LogP contribution in [0.1, 0.15) is 37.4 Å². The summed E-state index contributed by atoms with van der Waals surface area (Å²) in [6.45, 7) is 0. The Hall–Kier alpha value is -1.35. The maximum atomic E-state index is 12.1. The molecule has 0 radical (unpaired) electrons. The molecule has 0 heterocycles. The topological polar surface area (TPSA) is 49.3 Å². The lowest BCUT2D eigenvalue weighted by atomic mass is 10.1. The average Bonchev–Trinajstić information content (AvgIpc) is 3.29. The molecule has 0 spiro atoms. The number of nitrogens with one attached hydrogen (secondary N) is 1. The molecule has 2 saturated carbocycles. The van der Waals surface area contributed by atoms with Crippen molar-refractivity contribution >= 4 is 5.91 Å². The zero-order chi connectivity index (χ0) is 12.5. The number of amides is 1. The molecule has 1 atom stereocenters. The van der Waals surface area contributed by atoms with Crippen LogP contribution in [0.5, 0.6) is 0 Å². The first-order valence-corrected chi connectivity index (χ1v) is 6.79. The Morgan fingerprint density at radius 3 is 2.17 bits per heavy atom. The van der Waals surface area contributed by atoms with E-state index in [1.807, 2.05) is 18.2 Å². The first-order chi connectivity index (χ1) is 8.75.